The molecule has 0 bridgehead atoms. The quantitative estimate of drug-likeness (QED) is 0.831. The minimum Gasteiger partial charge on any atom is -0.380 e. The zero-order chi connectivity index (χ0) is 13.6. The van der Waals surface area contributed by atoms with Crippen molar-refractivity contribution in [1.82, 2.24) is 0 Å². The first-order valence-electron chi connectivity index (χ1n) is 5.97. The Bertz CT molecular complexity index is 657. The van der Waals surface area contributed by atoms with E-state index in [-0.39, 0.29) is 5.82 Å². The van der Waals surface area contributed by atoms with Crippen LogP contribution in [0.3, 0.4) is 0 Å². The molecule has 0 radical (unpaired) electrons. The summed E-state index contributed by atoms with van der Waals surface area (Å²) >= 11 is 12.2. The summed E-state index contributed by atoms with van der Waals surface area (Å²) in [6.07, 6.45) is 1.10. The van der Waals surface area contributed by atoms with Crippen molar-refractivity contribution in [3.63, 3.8) is 0 Å². The van der Waals surface area contributed by atoms with Crippen LogP contribution in [0.1, 0.15) is 23.1 Å². The van der Waals surface area contributed by atoms with Gasteiger partial charge in [-0.2, -0.15) is 0 Å². The monoisotopic (exact) mass is 296 g/mol. The van der Waals surface area contributed by atoms with Gasteiger partial charge in [0.1, 0.15) is 11.4 Å². The Hall–Kier alpha value is -1.09. The molecule has 0 heterocycles. The van der Waals surface area contributed by atoms with E-state index >= 15 is 0 Å². The van der Waals surface area contributed by atoms with Gasteiger partial charge in [0.25, 0.3) is 0 Å². The molecule has 1 atom stereocenters. The molecule has 1 aliphatic rings. The van der Waals surface area contributed by atoms with Crippen molar-refractivity contribution in [3.8, 4) is 0 Å². The smallest absolute Gasteiger partial charge is 0.123 e. The van der Waals surface area contributed by atoms with Crippen molar-refractivity contribution in [3.05, 3.63) is 69.0 Å². The second kappa shape index (κ2) is 4.48. The van der Waals surface area contributed by atoms with Crippen molar-refractivity contribution in [2.45, 2.75) is 18.4 Å². The van der Waals surface area contributed by atoms with Crippen LogP contribution in [-0.4, -0.2) is 5.11 Å². The number of hydrogen-bond donors (Lipinski definition) is 1. The lowest BCUT2D eigenvalue weighted by Crippen LogP contribution is -2.24. The highest BCUT2D eigenvalue weighted by molar-refractivity contribution is 6.33. The van der Waals surface area contributed by atoms with Gasteiger partial charge in [0, 0.05) is 15.6 Å². The molecule has 0 amide bonds. The summed E-state index contributed by atoms with van der Waals surface area (Å²) in [5.74, 6) is -0.291. The van der Waals surface area contributed by atoms with E-state index in [1.807, 2.05) is 0 Å². The van der Waals surface area contributed by atoms with Gasteiger partial charge in [-0.3, -0.25) is 0 Å². The molecule has 1 aliphatic carbocycles. The maximum Gasteiger partial charge on any atom is 0.123 e. The average molecular weight is 297 g/mol. The van der Waals surface area contributed by atoms with Crippen LogP contribution >= 0.6 is 23.2 Å². The Morgan fingerprint density at radius 3 is 2.63 bits per heavy atom. The summed E-state index contributed by atoms with van der Waals surface area (Å²) in [7, 11) is 0. The summed E-state index contributed by atoms with van der Waals surface area (Å²) in [6.45, 7) is 0. The molecule has 1 nitrogen and oxygen atoms in total. The van der Waals surface area contributed by atoms with Crippen LogP contribution in [-0.2, 0) is 12.0 Å². The van der Waals surface area contributed by atoms with E-state index in [9.17, 15) is 9.50 Å². The van der Waals surface area contributed by atoms with Gasteiger partial charge in [-0.05, 0) is 54.3 Å². The molecule has 4 heteroatoms. The molecule has 0 fully saturated rings. The van der Waals surface area contributed by atoms with Crippen LogP contribution in [0.2, 0.25) is 10.0 Å². The second-order valence-corrected chi connectivity index (χ2v) is 5.63. The van der Waals surface area contributed by atoms with Crippen molar-refractivity contribution >= 4 is 23.2 Å². The predicted molar refractivity (Wildman–Crippen MR) is 74.2 cm³/mol. The largest absolute Gasteiger partial charge is 0.380 e. The van der Waals surface area contributed by atoms with Crippen molar-refractivity contribution in [1.29, 1.82) is 0 Å². The number of halogens is 3. The van der Waals surface area contributed by atoms with Crippen LogP contribution in [0.25, 0.3) is 0 Å². The number of rotatable bonds is 1. The Morgan fingerprint density at radius 1 is 1.05 bits per heavy atom. The van der Waals surface area contributed by atoms with E-state index in [0.29, 0.717) is 34.0 Å². The zero-order valence-corrected chi connectivity index (χ0v) is 11.5. The third-order valence-corrected chi connectivity index (χ3v) is 4.21. The van der Waals surface area contributed by atoms with Gasteiger partial charge in [-0.25, -0.2) is 4.39 Å². The van der Waals surface area contributed by atoms with Gasteiger partial charge < -0.3 is 5.11 Å². The van der Waals surface area contributed by atoms with Gasteiger partial charge in [-0.15, -0.1) is 0 Å². The Morgan fingerprint density at radius 2 is 1.84 bits per heavy atom. The molecule has 0 saturated carbocycles. The van der Waals surface area contributed by atoms with Crippen LogP contribution in [0.4, 0.5) is 4.39 Å². The highest BCUT2D eigenvalue weighted by atomic mass is 35.5. The van der Waals surface area contributed by atoms with E-state index < -0.39 is 5.60 Å². The molecule has 19 heavy (non-hydrogen) atoms. The Kier molecular flexibility index (Phi) is 3.05. The fourth-order valence-corrected chi connectivity index (χ4v) is 3.16. The maximum atomic E-state index is 13.2. The van der Waals surface area contributed by atoms with E-state index in [1.54, 1.807) is 24.3 Å². The number of benzene rings is 2. The van der Waals surface area contributed by atoms with Crippen LogP contribution in [0.5, 0.6) is 0 Å². The lowest BCUT2D eigenvalue weighted by molar-refractivity contribution is 0.0830. The summed E-state index contributed by atoms with van der Waals surface area (Å²) in [5.41, 5.74) is 0.911. The summed E-state index contributed by atoms with van der Waals surface area (Å²) in [6, 6.07) is 9.45. The molecular formula is C15H11Cl2FO. The first-order valence-corrected chi connectivity index (χ1v) is 6.73. The lowest BCUT2D eigenvalue weighted by atomic mass is 9.88. The third kappa shape index (κ3) is 2.04. The Balaban J connectivity index is 2.19. The molecule has 2 aromatic carbocycles. The lowest BCUT2D eigenvalue weighted by Gasteiger charge is -2.26. The first kappa shape index (κ1) is 12.9. The summed E-state index contributed by atoms with van der Waals surface area (Å²) in [4.78, 5) is 0. The molecule has 0 spiro atoms. The molecule has 2 aromatic rings. The number of fused-ring (bicyclic) bond motifs is 1. The molecule has 0 aliphatic heterocycles. The SMILES string of the molecule is OC1(c2cc(Cl)ccc2Cl)CCc2cc(F)ccc21. The fraction of sp³-hybridized carbons (Fsp3) is 0.200. The van der Waals surface area contributed by atoms with Gasteiger partial charge in [0.05, 0.1) is 0 Å². The number of aliphatic hydroxyl groups is 1. The molecular weight excluding hydrogens is 286 g/mol. The molecule has 3 rings (SSSR count). The van der Waals surface area contributed by atoms with Crippen molar-refractivity contribution < 1.29 is 9.50 Å². The molecule has 1 N–H and O–H groups in total. The molecule has 98 valence electrons. The topological polar surface area (TPSA) is 20.2 Å². The maximum absolute atomic E-state index is 13.2. The molecule has 0 saturated heterocycles. The number of hydrogen-bond acceptors (Lipinski definition) is 1. The van der Waals surface area contributed by atoms with Gasteiger partial charge in [-0.1, -0.05) is 29.3 Å². The van der Waals surface area contributed by atoms with E-state index in [2.05, 4.69) is 0 Å². The zero-order valence-electron chi connectivity index (χ0n) is 9.96. The van der Waals surface area contributed by atoms with E-state index in [4.69, 9.17) is 23.2 Å². The minimum atomic E-state index is -1.19. The van der Waals surface area contributed by atoms with Crippen LogP contribution < -0.4 is 0 Å². The van der Waals surface area contributed by atoms with Crippen LogP contribution in [0.15, 0.2) is 36.4 Å². The highest BCUT2D eigenvalue weighted by Gasteiger charge is 2.39. The predicted octanol–water partition coefficient (Wildman–Crippen LogP) is 4.31. The summed E-state index contributed by atoms with van der Waals surface area (Å²) < 4.78 is 13.2. The fourth-order valence-electron chi connectivity index (χ4n) is 2.72. The van der Waals surface area contributed by atoms with E-state index in [1.165, 1.54) is 12.1 Å². The molecule has 1 unspecified atom stereocenters. The number of aryl methyl sites for hydroxylation is 1. The minimum absolute atomic E-state index is 0.291. The standard InChI is InChI=1S/C15H11Cl2FO/c16-10-1-4-14(17)13(8-10)15(19)6-5-9-7-11(18)2-3-12(9)15/h1-4,7-8,19H,5-6H2. The Labute approximate surface area is 120 Å². The average Bonchev–Trinajstić information content (AvgIpc) is 2.70. The highest BCUT2D eigenvalue weighted by Crippen LogP contribution is 2.45. The van der Waals surface area contributed by atoms with Crippen LogP contribution in [0, 0.1) is 5.82 Å². The van der Waals surface area contributed by atoms with Gasteiger partial charge >= 0.3 is 0 Å². The van der Waals surface area contributed by atoms with Crippen molar-refractivity contribution in [2.24, 2.45) is 0 Å². The summed E-state index contributed by atoms with van der Waals surface area (Å²) in [5, 5.41) is 11.9. The third-order valence-electron chi connectivity index (χ3n) is 3.64. The van der Waals surface area contributed by atoms with Gasteiger partial charge in [0.15, 0.2) is 0 Å². The second-order valence-electron chi connectivity index (χ2n) is 4.79. The van der Waals surface area contributed by atoms with E-state index in [0.717, 1.165) is 5.56 Å². The molecule has 0 aromatic heterocycles. The van der Waals surface area contributed by atoms with Crippen molar-refractivity contribution in [2.75, 3.05) is 0 Å². The normalized spacial score (nSPS) is 21.5. The van der Waals surface area contributed by atoms with Gasteiger partial charge in [0.2, 0.25) is 0 Å². The first-order chi connectivity index (χ1) is 9.00.